The first kappa shape index (κ1) is 17.6. The maximum atomic E-state index is 12.4. The molecule has 0 aliphatic heterocycles. The third kappa shape index (κ3) is 3.88. The molecule has 0 saturated heterocycles. The van der Waals surface area contributed by atoms with E-state index in [9.17, 15) is 19.7 Å². The van der Waals surface area contributed by atoms with E-state index < -0.39 is 4.92 Å². The van der Waals surface area contributed by atoms with Gasteiger partial charge in [-0.05, 0) is 49.1 Å². The molecule has 3 rings (SSSR count). The van der Waals surface area contributed by atoms with Crippen molar-refractivity contribution in [2.24, 2.45) is 11.8 Å². The number of nitro groups is 1. The molecule has 7 heteroatoms. The maximum Gasteiger partial charge on any atom is 0.271 e. The monoisotopic (exact) mass is 353 g/mol. The van der Waals surface area contributed by atoms with Crippen molar-refractivity contribution in [3.05, 3.63) is 63.7 Å². The SMILES string of the molecule is Cc1ccc([N+](=O)[O-])cc1NC(=O)c1ccc(NC(=O)C2CC2C)cc1. The van der Waals surface area contributed by atoms with E-state index in [0.717, 1.165) is 12.0 Å². The Morgan fingerprint density at radius 2 is 1.77 bits per heavy atom. The molecule has 0 bridgehead atoms. The number of anilines is 2. The molecular weight excluding hydrogens is 334 g/mol. The van der Waals surface area contributed by atoms with Crippen molar-refractivity contribution in [1.82, 2.24) is 0 Å². The molecule has 2 amide bonds. The minimum Gasteiger partial charge on any atom is -0.326 e. The summed E-state index contributed by atoms with van der Waals surface area (Å²) in [5, 5.41) is 16.4. The van der Waals surface area contributed by atoms with Crippen LogP contribution in [-0.4, -0.2) is 16.7 Å². The van der Waals surface area contributed by atoms with Gasteiger partial charge in [-0.2, -0.15) is 0 Å². The Morgan fingerprint density at radius 3 is 2.35 bits per heavy atom. The van der Waals surface area contributed by atoms with E-state index in [1.54, 1.807) is 37.3 Å². The fourth-order valence-electron chi connectivity index (χ4n) is 2.68. The summed E-state index contributed by atoms with van der Waals surface area (Å²) in [6, 6.07) is 10.9. The highest BCUT2D eigenvalue weighted by Gasteiger charge is 2.39. The van der Waals surface area contributed by atoms with Gasteiger partial charge in [-0.1, -0.05) is 13.0 Å². The van der Waals surface area contributed by atoms with Gasteiger partial charge in [-0.15, -0.1) is 0 Å². The van der Waals surface area contributed by atoms with Gasteiger partial charge in [0.15, 0.2) is 0 Å². The second kappa shape index (κ2) is 6.95. The molecule has 7 nitrogen and oxygen atoms in total. The quantitative estimate of drug-likeness (QED) is 0.631. The van der Waals surface area contributed by atoms with Gasteiger partial charge < -0.3 is 10.6 Å². The van der Waals surface area contributed by atoms with E-state index in [2.05, 4.69) is 10.6 Å². The number of amides is 2. The number of nitro benzene ring substituents is 1. The number of rotatable bonds is 5. The van der Waals surface area contributed by atoms with Crippen molar-refractivity contribution in [2.45, 2.75) is 20.3 Å². The van der Waals surface area contributed by atoms with Gasteiger partial charge in [0.1, 0.15) is 0 Å². The molecule has 2 aromatic rings. The van der Waals surface area contributed by atoms with E-state index in [-0.39, 0.29) is 23.4 Å². The second-order valence-electron chi connectivity index (χ2n) is 6.60. The summed E-state index contributed by atoms with van der Waals surface area (Å²) in [4.78, 5) is 34.7. The molecular formula is C19H19N3O4. The van der Waals surface area contributed by atoms with Gasteiger partial charge >= 0.3 is 0 Å². The Morgan fingerprint density at radius 1 is 1.12 bits per heavy atom. The highest BCUT2D eigenvalue weighted by atomic mass is 16.6. The van der Waals surface area contributed by atoms with Crippen molar-refractivity contribution in [1.29, 1.82) is 0 Å². The lowest BCUT2D eigenvalue weighted by Gasteiger charge is -2.09. The maximum absolute atomic E-state index is 12.4. The van der Waals surface area contributed by atoms with Crippen LogP contribution in [0.15, 0.2) is 42.5 Å². The third-order valence-corrected chi connectivity index (χ3v) is 4.54. The molecule has 1 aliphatic rings. The molecule has 1 saturated carbocycles. The predicted molar refractivity (Wildman–Crippen MR) is 98.1 cm³/mol. The average molecular weight is 353 g/mol. The summed E-state index contributed by atoms with van der Waals surface area (Å²) in [6.45, 7) is 3.80. The van der Waals surface area contributed by atoms with E-state index in [1.165, 1.54) is 12.1 Å². The van der Waals surface area contributed by atoms with Crippen LogP contribution in [0.1, 0.15) is 29.3 Å². The molecule has 2 unspecified atom stereocenters. The summed E-state index contributed by atoms with van der Waals surface area (Å²) in [5.41, 5.74) is 2.07. The largest absolute Gasteiger partial charge is 0.326 e. The summed E-state index contributed by atoms with van der Waals surface area (Å²) in [5.74, 6) is 0.136. The fraction of sp³-hybridized carbons (Fsp3) is 0.263. The summed E-state index contributed by atoms with van der Waals surface area (Å²) < 4.78 is 0. The molecule has 1 aliphatic carbocycles. The number of hydrogen-bond donors (Lipinski definition) is 2. The van der Waals surface area contributed by atoms with Crippen LogP contribution in [0.3, 0.4) is 0 Å². The number of benzene rings is 2. The van der Waals surface area contributed by atoms with Gasteiger partial charge in [-0.3, -0.25) is 19.7 Å². The van der Waals surface area contributed by atoms with Crippen LogP contribution in [0, 0.1) is 28.9 Å². The minimum atomic E-state index is -0.507. The lowest BCUT2D eigenvalue weighted by atomic mass is 10.1. The summed E-state index contributed by atoms with van der Waals surface area (Å²) in [7, 11) is 0. The second-order valence-corrected chi connectivity index (χ2v) is 6.60. The number of non-ortho nitro benzene ring substituents is 1. The van der Waals surface area contributed by atoms with Gasteiger partial charge in [-0.25, -0.2) is 0 Å². The van der Waals surface area contributed by atoms with E-state index >= 15 is 0 Å². The zero-order valence-corrected chi connectivity index (χ0v) is 14.5. The topological polar surface area (TPSA) is 101 Å². The van der Waals surface area contributed by atoms with Crippen LogP contribution in [0.4, 0.5) is 17.1 Å². The Labute approximate surface area is 150 Å². The lowest BCUT2D eigenvalue weighted by molar-refractivity contribution is -0.384. The number of hydrogen-bond acceptors (Lipinski definition) is 4. The highest BCUT2D eigenvalue weighted by molar-refractivity contribution is 6.05. The van der Waals surface area contributed by atoms with Crippen LogP contribution in [0.5, 0.6) is 0 Å². The van der Waals surface area contributed by atoms with Crippen LogP contribution in [0.2, 0.25) is 0 Å². The molecule has 1 fully saturated rings. The van der Waals surface area contributed by atoms with Crippen molar-refractivity contribution < 1.29 is 14.5 Å². The van der Waals surface area contributed by atoms with Crippen LogP contribution in [-0.2, 0) is 4.79 Å². The Bertz CT molecular complexity index is 877. The molecule has 0 aromatic heterocycles. The van der Waals surface area contributed by atoms with Gasteiger partial charge in [0.05, 0.1) is 10.6 Å². The first-order chi connectivity index (χ1) is 12.3. The molecule has 2 N–H and O–H groups in total. The predicted octanol–water partition coefficient (Wildman–Crippen LogP) is 3.75. The number of aryl methyl sites for hydroxylation is 1. The Balaban J connectivity index is 1.67. The average Bonchev–Trinajstić information content (AvgIpc) is 3.34. The van der Waals surface area contributed by atoms with Crippen molar-refractivity contribution >= 4 is 28.9 Å². The van der Waals surface area contributed by atoms with Crippen molar-refractivity contribution in [3.63, 3.8) is 0 Å². The normalized spacial score (nSPS) is 18.1. The molecule has 2 atom stereocenters. The molecule has 0 spiro atoms. The summed E-state index contributed by atoms with van der Waals surface area (Å²) >= 11 is 0. The number of nitrogens with one attached hydrogen (secondary N) is 2. The minimum absolute atomic E-state index is 0.00178. The van der Waals surface area contributed by atoms with Gasteiger partial charge in [0.2, 0.25) is 5.91 Å². The Kier molecular flexibility index (Phi) is 4.71. The van der Waals surface area contributed by atoms with Crippen molar-refractivity contribution in [2.75, 3.05) is 10.6 Å². The van der Waals surface area contributed by atoms with E-state index in [0.29, 0.717) is 22.9 Å². The van der Waals surface area contributed by atoms with E-state index in [1.807, 2.05) is 6.92 Å². The standard InChI is InChI=1S/C19H19N3O4/c1-11-3-8-15(22(25)26)10-17(11)21-18(23)13-4-6-14(7-5-13)20-19(24)16-9-12(16)2/h3-8,10,12,16H,9H2,1-2H3,(H,20,24)(H,21,23). The number of nitrogens with zero attached hydrogens (tertiary/aromatic N) is 1. The molecule has 2 aromatic carbocycles. The van der Waals surface area contributed by atoms with Crippen LogP contribution in [0.25, 0.3) is 0 Å². The molecule has 134 valence electrons. The van der Waals surface area contributed by atoms with Gasteiger partial charge in [0, 0.05) is 29.3 Å². The lowest BCUT2D eigenvalue weighted by Crippen LogP contribution is -2.15. The highest BCUT2D eigenvalue weighted by Crippen LogP contribution is 2.38. The smallest absolute Gasteiger partial charge is 0.271 e. The number of carbonyl (C=O) groups excluding carboxylic acids is 2. The fourth-order valence-corrected chi connectivity index (χ4v) is 2.68. The third-order valence-electron chi connectivity index (χ3n) is 4.54. The zero-order valence-electron chi connectivity index (χ0n) is 14.5. The molecule has 0 heterocycles. The molecule has 0 radical (unpaired) electrons. The first-order valence-electron chi connectivity index (χ1n) is 8.32. The zero-order chi connectivity index (χ0) is 18.8. The molecule has 26 heavy (non-hydrogen) atoms. The van der Waals surface area contributed by atoms with E-state index in [4.69, 9.17) is 0 Å². The summed E-state index contributed by atoms with van der Waals surface area (Å²) in [6.07, 6.45) is 0.912. The number of carbonyl (C=O) groups is 2. The van der Waals surface area contributed by atoms with Crippen molar-refractivity contribution in [3.8, 4) is 0 Å². The van der Waals surface area contributed by atoms with Gasteiger partial charge in [0.25, 0.3) is 11.6 Å². The Hall–Kier alpha value is -3.22. The van der Waals surface area contributed by atoms with Crippen LogP contribution >= 0.6 is 0 Å². The first-order valence-corrected chi connectivity index (χ1v) is 8.32. The van der Waals surface area contributed by atoms with Crippen LogP contribution < -0.4 is 10.6 Å².